The van der Waals surface area contributed by atoms with E-state index in [4.69, 9.17) is 5.11 Å². The molecule has 0 spiro atoms. The SMILES string of the molecule is CC(C)N(CCO)Cc1ccn(C(C)C)n1. The van der Waals surface area contributed by atoms with Gasteiger partial charge in [-0.05, 0) is 33.8 Å². The molecule has 16 heavy (non-hydrogen) atoms. The number of aliphatic hydroxyl groups excluding tert-OH is 1. The van der Waals surface area contributed by atoms with E-state index >= 15 is 0 Å². The number of aliphatic hydroxyl groups is 1. The minimum absolute atomic E-state index is 0.197. The Morgan fingerprint density at radius 3 is 2.50 bits per heavy atom. The summed E-state index contributed by atoms with van der Waals surface area (Å²) in [7, 11) is 0. The predicted octanol–water partition coefficient (Wildman–Crippen LogP) is 1.67. The Labute approximate surface area is 97.9 Å². The van der Waals surface area contributed by atoms with Crippen LogP contribution in [0, 0.1) is 0 Å². The van der Waals surface area contributed by atoms with Crippen LogP contribution < -0.4 is 0 Å². The third kappa shape index (κ3) is 3.61. The molecule has 1 rings (SSSR count). The van der Waals surface area contributed by atoms with Gasteiger partial charge in [-0.1, -0.05) is 0 Å². The summed E-state index contributed by atoms with van der Waals surface area (Å²) in [6.07, 6.45) is 2.01. The molecule has 0 amide bonds. The van der Waals surface area contributed by atoms with E-state index in [0.717, 1.165) is 12.2 Å². The van der Waals surface area contributed by atoms with Crippen molar-refractivity contribution in [1.29, 1.82) is 0 Å². The average Bonchev–Trinajstić information content (AvgIpc) is 2.65. The minimum Gasteiger partial charge on any atom is -0.395 e. The Hall–Kier alpha value is -0.870. The van der Waals surface area contributed by atoms with Crippen LogP contribution >= 0.6 is 0 Å². The molecule has 0 fully saturated rings. The zero-order chi connectivity index (χ0) is 12.1. The van der Waals surface area contributed by atoms with Crippen molar-refractivity contribution in [2.45, 2.75) is 46.3 Å². The van der Waals surface area contributed by atoms with Crippen LogP contribution in [0.25, 0.3) is 0 Å². The van der Waals surface area contributed by atoms with Gasteiger partial charge >= 0.3 is 0 Å². The van der Waals surface area contributed by atoms with Gasteiger partial charge in [0.25, 0.3) is 0 Å². The van der Waals surface area contributed by atoms with Gasteiger partial charge in [-0.15, -0.1) is 0 Å². The predicted molar refractivity (Wildman–Crippen MR) is 65.2 cm³/mol. The molecule has 4 heteroatoms. The van der Waals surface area contributed by atoms with Crippen LogP contribution in [0.15, 0.2) is 12.3 Å². The first kappa shape index (κ1) is 13.2. The molecule has 0 radical (unpaired) electrons. The molecule has 1 aromatic heterocycles. The zero-order valence-corrected chi connectivity index (χ0v) is 10.7. The Balaban J connectivity index is 2.62. The number of hydrogen-bond acceptors (Lipinski definition) is 3. The van der Waals surface area contributed by atoms with Crippen molar-refractivity contribution in [3.63, 3.8) is 0 Å². The van der Waals surface area contributed by atoms with Gasteiger partial charge in [-0.3, -0.25) is 9.58 Å². The largest absolute Gasteiger partial charge is 0.395 e. The second kappa shape index (κ2) is 6.01. The van der Waals surface area contributed by atoms with Crippen LogP contribution in [0.4, 0.5) is 0 Å². The highest BCUT2D eigenvalue weighted by atomic mass is 16.3. The maximum absolute atomic E-state index is 8.99. The first-order valence-corrected chi connectivity index (χ1v) is 5.93. The first-order chi connectivity index (χ1) is 7.54. The van der Waals surface area contributed by atoms with Crippen molar-refractivity contribution in [3.8, 4) is 0 Å². The number of rotatable bonds is 6. The molecular weight excluding hydrogens is 202 g/mol. The van der Waals surface area contributed by atoms with Crippen LogP contribution in [0.3, 0.4) is 0 Å². The quantitative estimate of drug-likeness (QED) is 0.800. The molecule has 0 aromatic carbocycles. The summed E-state index contributed by atoms with van der Waals surface area (Å²) in [5.41, 5.74) is 1.07. The first-order valence-electron chi connectivity index (χ1n) is 5.93. The number of hydrogen-bond donors (Lipinski definition) is 1. The molecule has 0 aliphatic rings. The molecule has 0 aliphatic heterocycles. The summed E-state index contributed by atoms with van der Waals surface area (Å²) in [5, 5.41) is 13.5. The molecule has 0 unspecified atom stereocenters. The van der Waals surface area contributed by atoms with E-state index in [1.165, 1.54) is 0 Å². The van der Waals surface area contributed by atoms with Crippen molar-refractivity contribution in [1.82, 2.24) is 14.7 Å². The summed E-state index contributed by atoms with van der Waals surface area (Å²) in [4.78, 5) is 2.22. The molecule has 92 valence electrons. The monoisotopic (exact) mass is 225 g/mol. The molecular formula is C12H23N3O. The summed E-state index contributed by atoms with van der Waals surface area (Å²) in [6.45, 7) is 10.2. The van der Waals surface area contributed by atoms with E-state index < -0.39 is 0 Å². The molecule has 0 atom stereocenters. The second-order valence-electron chi connectivity index (χ2n) is 4.67. The lowest BCUT2D eigenvalue weighted by atomic mass is 10.3. The third-order valence-electron chi connectivity index (χ3n) is 2.68. The summed E-state index contributed by atoms with van der Waals surface area (Å²) in [6, 6.07) is 2.88. The Bertz CT molecular complexity index is 307. The molecule has 0 saturated carbocycles. The van der Waals surface area contributed by atoms with Crippen LogP contribution in [0.1, 0.15) is 39.4 Å². The van der Waals surface area contributed by atoms with E-state index in [1.54, 1.807) is 0 Å². The highest BCUT2D eigenvalue weighted by Gasteiger charge is 2.11. The molecule has 0 saturated heterocycles. The van der Waals surface area contributed by atoms with E-state index in [-0.39, 0.29) is 6.61 Å². The van der Waals surface area contributed by atoms with Crippen molar-refractivity contribution in [2.75, 3.05) is 13.2 Å². The number of nitrogens with zero attached hydrogens (tertiary/aromatic N) is 3. The molecule has 1 heterocycles. The second-order valence-corrected chi connectivity index (χ2v) is 4.67. The van der Waals surface area contributed by atoms with E-state index in [0.29, 0.717) is 18.6 Å². The van der Waals surface area contributed by atoms with Gasteiger partial charge in [0.15, 0.2) is 0 Å². The van der Waals surface area contributed by atoms with Crippen LogP contribution in [0.5, 0.6) is 0 Å². The van der Waals surface area contributed by atoms with Gasteiger partial charge in [-0.25, -0.2) is 0 Å². The maximum atomic E-state index is 8.99. The Kier molecular flexibility index (Phi) is 4.96. The van der Waals surface area contributed by atoms with Crippen LogP contribution in [0.2, 0.25) is 0 Å². The average molecular weight is 225 g/mol. The lowest BCUT2D eigenvalue weighted by Crippen LogP contribution is -2.33. The fourth-order valence-electron chi connectivity index (χ4n) is 1.61. The zero-order valence-electron chi connectivity index (χ0n) is 10.7. The minimum atomic E-state index is 0.197. The van der Waals surface area contributed by atoms with E-state index in [1.807, 2.05) is 16.9 Å². The van der Waals surface area contributed by atoms with Gasteiger partial charge in [0.05, 0.1) is 12.3 Å². The smallest absolute Gasteiger partial charge is 0.0765 e. The molecule has 4 nitrogen and oxygen atoms in total. The Morgan fingerprint density at radius 2 is 2.06 bits per heavy atom. The molecule has 0 bridgehead atoms. The highest BCUT2D eigenvalue weighted by Crippen LogP contribution is 2.08. The van der Waals surface area contributed by atoms with Crippen molar-refractivity contribution < 1.29 is 5.11 Å². The molecule has 1 N–H and O–H groups in total. The van der Waals surface area contributed by atoms with Crippen molar-refractivity contribution in [2.24, 2.45) is 0 Å². The number of aromatic nitrogens is 2. The van der Waals surface area contributed by atoms with Gasteiger partial charge in [0, 0.05) is 31.4 Å². The normalized spacial score (nSPS) is 12.0. The fraction of sp³-hybridized carbons (Fsp3) is 0.750. The van der Waals surface area contributed by atoms with E-state index in [2.05, 4.69) is 37.7 Å². The van der Waals surface area contributed by atoms with Crippen molar-refractivity contribution in [3.05, 3.63) is 18.0 Å². The van der Waals surface area contributed by atoms with E-state index in [9.17, 15) is 0 Å². The molecule has 0 aliphatic carbocycles. The van der Waals surface area contributed by atoms with Gasteiger partial charge in [0.1, 0.15) is 0 Å². The molecule has 1 aromatic rings. The fourth-order valence-corrected chi connectivity index (χ4v) is 1.61. The van der Waals surface area contributed by atoms with Gasteiger partial charge in [-0.2, -0.15) is 5.10 Å². The van der Waals surface area contributed by atoms with Gasteiger partial charge < -0.3 is 5.11 Å². The lowest BCUT2D eigenvalue weighted by Gasteiger charge is -2.24. The standard InChI is InChI=1S/C12H23N3O/c1-10(2)14(7-8-16)9-12-5-6-15(13-12)11(3)4/h5-6,10-11,16H,7-9H2,1-4H3. The Morgan fingerprint density at radius 1 is 1.38 bits per heavy atom. The maximum Gasteiger partial charge on any atom is 0.0765 e. The van der Waals surface area contributed by atoms with Crippen LogP contribution in [-0.4, -0.2) is 39.0 Å². The summed E-state index contributed by atoms with van der Waals surface area (Å²) >= 11 is 0. The third-order valence-corrected chi connectivity index (χ3v) is 2.68. The van der Waals surface area contributed by atoms with Gasteiger partial charge in [0.2, 0.25) is 0 Å². The summed E-state index contributed by atoms with van der Waals surface area (Å²) < 4.78 is 1.97. The summed E-state index contributed by atoms with van der Waals surface area (Å²) in [5.74, 6) is 0. The van der Waals surface area contributed by atoms with Crippen LogP contribution in [-0.2, 0) is 6.54 Å². The highest BCUT2D eigenvalue weighted by molar-refractivity contribution is 4.99. The lowest BCUT2D eigenvalue weighted by molar-refractivity contribution is 0.157. The van der Waals surface area contributed by atoms with Crippen molar-refractivity contribution >= 4 is 0 Å². The topological polar surface area (TPSA) is 41.3 Å².